The van der Waals surface area contributed by atoms with Gasteiger partial charge >= 0.3 is 0 Å². The Balaban J connectivity index is 1.48. The minimum Gasteiger partial charge on any atom is -0.353 e. The number of nitrogens with one attached hydrogen (secondary N) is 1. The van der Waals surface area contributed by atoms with Gasteiger partial charge in [-0.25, -0.2) is 9.97 Å². The summed E-state index contributed by atoms with van der Waals surface area (Å²) in [5, 5.41) is 3.96. The lowest BCUT2D eigenvalue weighted by Gasteiger charge is -2.35. The number of anilines is 4. The first-order valence-corrected chi connectivity index (χ1v) is 9.35. The third-order valence-electron chi connectivity index (χ3n) is 4.51. The molecule has 6 nitrogen and oxygen atoms in total. The van der Waals surface area contributed by atoms with Crippen LogP contribution in [-0.2, 0) is 0 Å². The molecule has 0 atom stereocenters. The van der Waals surface area contributed by atoms with Crippen LogP contribution in [0.2, 0.25) is 5.02 Å². The predicted octanol–water partition coefficient (Wildman–Crippen LogP) is 3.90. The molecule has 0 radical (unpaired) electrons. The monoisotopic (exact) mass is 380 g/mol. The molecular formula is C20H21ClN6. The molecule has 1 N–H and O–H groups in total. The summed E-state index contributed by atoms with van der Waals surface area (Å²) < 4.78 is 0. The summed E-state index contributed by atoms with van der Waals surface area (Å²) in [5.74, 6) is 2.51. The van der Waals surface area contributed by atoms with Crippen LogP contribution in [0.5, 0.6) is 0 Å². The van der Waals surface area contributed by atoms with Crippen LogP contribution in [0.3, 0.4) is 0 Å². The fourth-order valence-electron chi connectivity index (χ4n) is 3.14. The van der Waals surface area contributed by atoms with Crippen LogP contribution in [0.1, 0.15) is 5.69 Å². The molecule has 0 unspecified atom stereocenters. The van der Waals surface area contributed by atoms with Crippen molar-refractivity contribution in [2.75, 3.05) is 41.3 Å². The van der Waals surface area contributed by atoms with E-state index in [4.69, 9.17) is 16.6 Å². The molecule has 2 aromatic heterocycles. The zero-order valence-electron chi connectivity index (χ0n) is 15.1. The van der Waals surface area contributed by atoms with Crippen LogP contribution in [0.15, 0.2) is 54.7 Å². The topological polar surface area (TPSA) is 57.2 Å². The third kappa shape index (κ3) is 4.11. The Morgan fingerprint density at radius 3 is 2.41 bits per heavy atom. The lowest BCUT2D eigenvalue weighted by atomic mass is 10.3. The molecule has 0 aliphatic carbocycles. The van der Waals surface area contributed by atoms with Crippen LogP contribution in [0, 0.1) is 6.92 Å². The second-order valence-corrected chi connectivity index (χ2v) is 6.87. The number of hydrogen-bond acceptors (Lipinski definition) is 6. The van der Waals surface area contributed by atoms with Crippen molar-refractivity contribution in [2.45, 2.75) is 6.92 Å². The summed E-state index contributed by atoms with van der Waals surface area (Å²) >= 11 is 6.25. The molecule has 1 saturated heterocycles. The number of para-hydroxylation sites is 1. The van der Waals surface area contributed by atoms with Crippen LogP contribution >= 0.6 is 11.6 Å². The number of aromatic nitrogens is 3. The number of pyridine rings is 1. The van der Waals surface area contributed by atoms with Gasteiger partial charge in [-0.05, 0) is 31.2 Å². The van der Waals surface area contributed by atoms with Gasteiger partial charge in [-0.2, -0.15) is 4.98 Å². The average molecular weight is 381 g/mol. The van der Waals surface area contributed by atoms with Crippen molar-refractivity contribution in [1.82, 2.24) is 15.0 Å². The predicted molar refractivity (Wildman–Crippen MR) is 110 cm³/mol. The highest BCUT2D eigenvalue weighted by Crippen LogP contribution is 2.25. The van der Waals surface area contributed by atoms with Crippen molar-refractivity contribution in [3.05, 3.63) is 65.4 Å². The van der Waals surface area contributed by atoms with E-state index in [-0.39, 0.29) is 0 Å². The van der Waals surface area contributed by atoms with E-state index in [2.05, 4.69) is 25.1 Å². The van der Waals surface area contributed by atoms with Gasteiger partial charge in [0.25, 0.3) is 0 Å². The third-order valence-corrected chi connectivity index (χ3v) is 4.84. The normalized spacial score (nSPS) is 14.3. The Bertz CT molecular complexity index is 909. The Morgan fingerprint density at radius 2 is 1.67 bits per heavy atom. The number of nitrogens with zero attached hydrogens (tertiary/aromatic N) is 5. The maximum Gasteiger partial charge on any atom is 0.227 e. The van der Waals surface area contributed by atoms with Gasteiger partial charge in [0.15, 0.2) is 0 Å². The molecule has 7 heteroatoms. The fraction of sp³-hybridized carbons (Fsp3) is 0.250. The van der Waals surface area contributed by atoms with Crippen molar-refractivity contribution in [2.24, 2.45) is 0 Å². The highest BCUT2D eigenvalue weighted by molar-refractivity contribution is 6.33. The number of aryl methyl sites for hydroxylation is 1. The van der Waals surface area contributed by atoms with Gasteiger partial charge in [-0.15, -0.1) is 0 Å². The quantitative estimate of drug-likeness (QED) is 0.740. The first kappa shape index (κ1) is 17.5. The van der Waals surface area contributed by atoms with E-state index in [0.29, 0.717) is 5.02 Å². The number of benzene rings is 1. The summed E-state index contributed by atoms with van der Waals surface area (Å²) in [6.07, 6.45) is 1.83. The largest absolute Gasteiger partial charge is 0.353 e. The Kier molecular flexibility index (Phi) is 5.07. The number of rotatable bonds is 4. The van der Waals surface area contributed by atoms with E-state index in [1.165, 1.54) is 0 Å². The van der Waals surface area contributed by atoms with Crippen molar-refractivity contribution in [1.29, 1.82) is 0 Å². The van der Waals surface area contributed by atoms with E-state index >= 15 is 0 Å². The summed E-state index contributed by atoms with van der Waals surface area (Å²) in [6, 6.07) is 15.6. The van der Waals surface area contributed by atoms with Gasteiger partial charge in [0, 0.05) is 44.1 Å². The van der Waals surface area contributed by atoms with Gasteiger partial charge in [0.2, 0.25) is 5.95 Å². The summed E-state index contributed by atoms with van der Waals surface area (Å²) in [4.78, 5) is 18.3. The smallest absolute Gasteiger partial charge is 0.227 e. The Morgan fingerprint density at radius 1 is 0.926 bits per heavy atom. The number of piperazine rings is 1. The second kappa shape index (κ2) is 7.80. The molecule has 0 amide bonds. The van der Waals surface area contributed by atoms with Gasteiger partial charge in [0.1, 0.15) is 11.6 Å². The summed E-state index contributed by atoms with van der Waals surface area (Å²) in [7, 11) is 0. The summed E-state index contributed by atoms with van der Waals surface area (Å²) in [5.41, 5.74) is 1.75. The minimum absolute atomic E-state index is 0.666. The molecule has 0 spiro atoms. The average Bonchev–Trinajstić information content (AvgIpc) is 2.70. The van der Waals surface area contributed by atoms with Crippen LogP contribution in [-0.4, -0.2) is 41.1 Å². The van der Waals surface area contributed by atoms with Gasteiger partial charge in [-0.1, -0.05) is 29.8 Å². The van der Waals surface area contributed by atoms with Gasteiger partial charge in [-0.3, -0.25) is 0 Å². The molecular weight excluding hydrogens is 360 g/mol. The van der Waals surface area contributed by atoms with E-state index in [1.54, 1.807) is 0 Å². The molecule has 0 bridgehead atoms. The lowest BCUT2D eigenvalue weighted by molar-refractivity contribution is 0.634. The molecule has 3 heterocycles. The highest BCUT2D eigenvalue weighted by atomic mass is 35.5. The van der Waals surface area contributed by atoms with E-state index in [0.717, 1.165) is 55.1 Å². The Labute approximate surface area is 163 Å². The van der Waals surface area contributed by atoms with Crippen LogP contribution < -0.4 is 15.1 Å². The Hall–Kier alpha value is -2.86. The van der Waals surface area contributed by atoms with Gasteiger partial charge < -0.3 is 15.1 Å². The molecule has 3 aromatic rings. The molecule has 1 aliphatic heterocycles. The number of hydrogen-bond donors (Lipinski definition) is 1. The van der Waals surface area contributed by atoms with Crippen molar-refractivity contribution >= 4 is 34.9 Å². The standard InChI is InChI=1S/C20H21ClN6/c1-15-14-18(24-17-7-3-2-6-16(17)21)25-20(23-15)27-12-10-26(11-13-27)19-8-4-5-9-22-19/h2-9,14H,10-13H2,1H3,(H,23,24,25). The van der Waals surface area contributed by atoms with Gasteiger partial charge in [0.05, 0.1) is 10.7 Å². The lowest BCUT2D eigenvalue weighted by Crippen LogP contribution is -2.47. The van der Waals surface area contributed by atoms with E-state index < -0.39 is 0 Å². The highest BCUT2D eigenvalue weighted by Gasteiger charge is 2.20. The summed E-state index contributed by atoms with van der Waals surface area (Å²) in [6.45, 7) is 5.47. The SMILES string of the molecule is Cc1cc(Nc2ccccc2Cl)nc(N2CCN(c3ccccn3)CC2)n1. The molecule has 1 aliphatic rings. The van der Waals surface area contributed by atoms with Crippen molar-refractivity contribution in [3.8, 4) is 0 Å². The fourth-order valence-corrected chi connectivity index (χ4v) is 3.32. The first-order valence-electron chi connectivity index (χ1n) is 8.97. The van der Waals surface area contributed by atoms with Crippen molar-refractivity contribution < 1.29 is 0 Å². The van der Waals surface area contributed by atoms with E-state index in [1.807, 2.05) is 61.7 Å². The molecule has 0 saturated carbocycles. The molecule has 1 aromatic carbocycles. The van der Waals surface area contributed by atoms with Crippen LogP contribution in [0.25, 0.3) is 0 Å². The number of halogens is 1. The second-order valence-electron chi connectivity index (χ2n) is 6.46. The zero-order valence-corrected chi connectivity index (χ0v) is 15.9. The van der Waals surface area contributed by atoms with Crippen LogP contribution in [0.4, 0.5) is 23.3 Å². The minimum atomic E-state index is 0.666. The molecule has 4 rings (SSSR count). The van der Waals surface area contributed by atoms with E-state index in [9.17, 15) is 0 Å². The zero-order chi connectivity index (χ0) is 18.6. The molecule has 27 heavy (non-hydrogen) atoms. The maximum atomic E-state index is 6.25. The van der Waals surface area contributed by atoms with Crippen molar-refractivity contribution in [3.63, 3.8) is 0 Å². The molecule has 138 valence electrons. The first-order chi connectivity index (χ1) is 13.2. The molecule has 1 fully saturated rings. The maximum absolute atomic E-state index is 6.25.